The van der Waals surface area contributed by atoms with Gasteiger partial charge in [-0.3, -0.25) is 5.10 Å². The Hall–Kier alpha value is -0.960. The van der Waals surface area contributed by atoms with E-state index in [1.807, 2.05) is 0 Å². The first-order valence-corrected chi connectivity index (χ1v) is 8.49. The maximum atomic E-state index is 12.2. The van der Waals surface area contributed by atoms with E-state index in [0.717, 1.165) is 19.6 Å². The molecule has 2 rings (SSSR count). The molecule has 1 aromatic heterocycles. The largest absolute Gasteiger partial charge is 0.326 e. The first kappa shape index (κ1) is 15.4. The lowest BCUT2D eigenvalue weighted by Crippen LogP contribution is -2.38. The van der Waals surface area contributed by atoms with E-state index in [9.17, 15) is 8.42 Å². The topological polar surface area (TPSA) is 104 Å². The molecule has 7 nitrogen and oxygen atoms in total. The SMILES string of the molecule is Cc1[nH]nc(S(=O)(=O)NCCN2CCCCC2)c1CN. The summed E-state index contributed by atoms with van der Waals surface area (Å²) in [5, 5.41) is 6.55. The van der Waals surface area contributed by atoms with Crippen molar-refractivity contribution in [2.75, 3.05) is 26.2 Å². The number of nitrogens with two attached hydrogens (primary N) is 1. The van der Waals surface area contributed by atoms with E-state index < -0.39 is 10.0 Å². The van der Waals surface area contributed by atoms with E-state index in [2.05, 4.69) is 19.8 Å². The molecule has 20 heavy (non-hydrogen) atoms. The van der Waals surface area contributed by atoms with Crippen LogP contribution in [0.3, 0.4) is 0 Å². The predicted molar refractivity (Wildman–Crippen MR) is 76.7 cm³/mol. The van der Waals surface area contributed by atoms with Crippen LogP contribution in [0.5, 0.6) is 0 Å². The molecule has 0 atom stereocenters. The highest BCUT2D eigenvalue weighted by molar-refractivity contribution is 7.89. The molecule has 1 aliphatic rings. The predicted octanol–water partition coefficient (Wildman–Crippen LogP) is -0.0590. The van der Waals surface area contributed by atoms with E-state index >= 15 is 0 Å². The number of hydrogen-bond donors (Lipinski definition) is 3. The molecule has 114 valence electrons. The fraction of sp³-hybridized carbons (Fsp3) is 0.750. The lowest BCUT2D eigenvalue weighted by molar-refractivity contribution is 0.232. The van der Waals surface area contributed by atoms with Crippen molar-refractivity contribution < 1.29 is 8.42 Å². The highest BCUT2D eigenvalue weighted by atomic mass is 32.2. The maximum absolute atomic E-state index is 12.2. The number of aromatic nitrogens is 2. The summed E-state index contributed by atoms with van der Waals surface area (Å²) in [6, 6.07) is 0. The van der Waals surface area contributed by atoms with Crippen LogP contribution in [0.25, 0.3) is 0 Å². The summed E-state index contributed by atoms with van der Waals surface area (Å²) in [6.07, 6.45) is 3.67. The summed E-state index contributed by atoms with van der Waals surface area (Å²) < 4.78 is 27.0. The van der Waals surface area contributed by atoms with Gasteiger partial charge in [0.25, 0.3) is 10.0 Å². The first-order chi connectivity index (χ1) is 9.54. The average Bonchev–Trinajstić information content (AvgIpc) is 2.81. The van der Waals surface area contributed by atoms with Crippen LogP contribution in [0.2, 0.25) is 0 Å². The number of sulfonamides is 1. The molecule has 1 saturated heterocycles. The van der Waals surface area contributed by atoms with Gasteiger partial charge in [0.1, 0.15) is 0 Å². The van der Waals surface area contributed by atoms with E-state index in [-0.39, 0.29) is 11.6 Å². The number of rotatable bonds is 6. The zero-order valence-corrected chi connectivity index (χ0v) is 12.7. The Balaban J connectivity index is 1.93. The highest BCUT2D eigenvalue weighted by Crippen LogP contribution is 2.15. The Bertz CT molecular complexity index is 534. The number of hydrogen-bond acceptors (Lipinski definition) is 5. The van der Waals surface area contributed by atoms with Crippen molar-refractivity contribution in [3.05, 3.63) is 11.3 Å². The molecule has 0 spiro atoms. The molecular formula is C12H23N5O2S. The second-order valence-electron chi connectivity index (χ2n) is 5.14. The molecule has 0 aromatic carbocycles. The third-order valence-electron chi connectivity index (χ3n) is 3.66. The van der Waals surface area contributed by atoms with E-state index in [1.165, 1.54) is 19.3 Å². The molecular weight excluding hydrogens is 278 g/mol. The molecule has 0 bridgehead atoms. The lowest BCUT2D eigenvalue weighted by atomic mass is 10.1. The number of H-pyrrole nitrogens is 1. The third-order valence-corrected chi connectivity index (χ3v) is 5.09. The number of aromatic amines is 1. The maximum Gasteiger partial charge on any atom is 0.260 e. The van der Waals surface area contributed by atoms with Gasteiger partial charge in [-0.2, -0.15) is 5.10 Å². The summed E-state index contributed by atoms with van der Waals surface area (Å²) in [7, 11) is -3.58. The zero-order chi connectivity index (χ0) is 14.6. The standard InChI is InChI=1S/C12H23N5O2S/c1-10-11(9-13)12(16-15-10)20(18,19)14-5-8-17-6-3-2-4-7-17/h14H,2-9,13H2,1H3,(H,15,16). The number of nitrogens with one attached hydrogen (secondary N) is 2. The van der Waals surface area contributed by atoms with Gasteiger partial charge in [0.2, 0.25) is 0 Å². The molecule has 8 heteroatoms. The van der Waals surface area contributed by atoms with Crippen molar-refractivity contribution in [3.63, 3.8) is 0 Å². The molecule has 4 N–H and O–H groups in total. The average molecular weight is 301 g/mol. The lowest BCUT2D eigenvalue weighted by Gasteiger charge is -2.26. The Morgan fingerprint density at radius 1 is 1.35 bits per heavy atom. The summed E-state index contributed by atoms with van der Waals surface area (Å²) in [4.78, 5) is 2.28. The van der Waals surface area contributed by atoms with Crippen molar-refractivity contribution in [1.29, 1.82) is 0 Å². The number of nitrogens with zero attached hydrogens (tertiary/aromatic N) is 2. The van der Waals surface area contributed by atoms with Gasteiger partial charge in [-0.05, 0) is 32.9 Å². The van der Waals surface area contributed by atoms with Crippen LogP contribution in [0.15, 0.2) is 5.03 Å². The quantitative estimate of drug-likeness (QED) is 0.683. The van der Waals surface area contributed by atoms with Gasteiger partial charge in [0.05, 0.1) is 0 Å². The van der Waals surface area contributed by atoms with Crippen LogP contribution in [0, 0.1) is 6.92 Å². The normalized spacial score (nSPS) is 17.5. The second kappa shape index (κ2) is 6.66. The molecule has 2 heterocycles. The van der Waals surface area contributed by atoms with E-state index in [1.54, 1.807) is 6.92 Å². The van der Waals surface area contributed by atoms with E-state index in [0.29, 0.717) is 17.8 Å². The summed E-state index contributed by atoms with van der Waals surface area (Å²) in [5.74, 6) is 0. The summed E-state index contributed by atoms with van der Waals surface area (Å²) >= 11 is 0. The van der Waals surface area contributed by atoms with Crippen LogP contribution >= 0.6 is 0 Å². The van der Waals surface area contributed by atoms with Gasteiger partial charge in [-0.15, -0.1) is 0 Å². The van der Waals surface area contributed by atoms with Gasteiger partial charge < -0.3 is 10.6 Å². The zero-order valence-electron chi connectivity index (χ0n) is 11.9. The van der Waals surface area contributed by atoms with Gasteiger partial charge in [-0.25, -0.2) is 13.1 Å². The highest BCUT2D eigenvalue weighted by Gasteiger charge is 2.23. The number of likely N-dealkylation sites (tertiary alicyclic amines) is 1. The van der Waals surface area contributed by atoms with Gasteiger partial charge in [0.15, 0.2) is 5.03 Å². The Labute approximate surface area is 120 Å². The van der Waals surface area contributed by atoms with Crippen LogP contribution in [0.4, 0.5) is 0 Å². The molecule has 0 unspecified atom stereocenters. The van der Waals surface area contributed by atoms with E-state index in [4.69, 9.17) is 5.73 Å². The molecule has 1 aromatic rings. The molecule has 1 fully saturated rings. The Morgan fingerprint density at radius 3 is 2.70 bits per heavy atom. The molecule has 1 aliphatic heterocycles. The smallest absolute Gasteiger partial charge is 0.260 e. The minimum atomic E-state index is -3.58. The van der Waals surface area contributed by atoms with Crippen LogP contribution in [-0.2, 0) is 16.6 Å². The second-order valence-corrected chi connectivity index (χ2v) is 6.82. The van der Waals surface area contributed by atoms with Gasteiger partial charge >= 0.3 is 0 Å². The van der Waals surface area contributed by atoms with Gasteiger partial charge in [-0.1, -0.05) is 6.42 Å². The molecule has 0 amide bonds. The van der Waals surface area contributed by atoms with Crippen molar-refractivity contribution in [3.8, 4) is 0 Å². The van der Waals surface area contributed by atoms with Crippen molar-refractivity contribution in [2.24, 2.45) is 5.73 Å². The van der Waals surface area contributed by atoms with Crippen molar-refractivity contribution in [1.82, 2.24) is 19.8 Å². The Kier molecular flexibility index (Phi) is 5.14. The van der Waals surface area contributed by atoms with Crippen LogP contribution in [0.1, 0.15) is 30.5 Å². The molecule has 0 saturated carbocycles. The first-order valence-electron chi connectivity index (χ1n) is 7.00. The summed E-state index contributed by atoms with van der Waals surface area (Å²) in [5.41, 5.74) is 6.83. The molecule has 0 aliphatic carbocycles. The third kappa shape index (κ3) is 3.57. The fourth-order valence-electron chi connectivity index (χ4n) is 2.48. The molecule has 0 radical (unpaired) electrons. The minimum Gasteiger partial charge on any atom is -0.326 e. The van der Waals surface area contributed by atoms with Gasteiger partial charge in [0, 0.05) is 30.9 Å². The monoisotopic (exact) mass is 301 g/mol. The number of aryl methyl sites for hydroxylation is 1. The Morgan fingerprint density at radius 2 is 2.05 bits per heavy atom. The summed E-state index contributed by atoms with van der Waals surface area (Å²) in [6.45, 7) is 5.17. The van der Waals surface area contributed by atoms with Crippen LogP contribution in [-0.4, -0.2) is 49.7 Å². The minimum absolute atomic E-state index is 0.0242. The van der Waals surface area contributed by atoms with Crippen LogP contribution < -0.4 is 10.5 Å². The fourth-order valence-corrected chi connectivity index (χ4v) is 3.71. The van der Waals surface area contributed by atoms with Crippen molar-refractivity contribution in [2.45, 2.75) is 37.8 Å². The number of piperidine rings is 1. The van der Waals surface area contributed by atoms with Crippen molar-refractivity contribution >= 4 is 10.0 Å².